The van der Waals surface area contributed by atoms with Crippen molar-refractivity contribution in [1.82, 2.24) is 5.32 Å². The van der Waals surface area contributed by atoms with E-state index < -0.39 is 6.10 Å². The number of hydrogen-bond acceptors (Lipinski definition) is 3. The lowest BCUT2D eigenvalue weighted by Gasteiger charge is -2.14. The summed E-state index contributed by atoms with van der Waals surface area (Å²) in [5, 5.41) is 13.2. The SMILES string of the molecule is Cc1cc(C)cc(OCC(O)CNCCCCC(C)C)c1. The van der Waals surface area contributed by atoms with E-state index in [4.69, 9.17) is 4.74 Å². The highest BCUT2D eigenvalue weighted by Gasteiger charge is 2.05. The first-order chi connectivity index (χ1) is 9.97. The quantitative estimate of drug-likeness (QED) is 0.649. The molecule has 3 nitrogen and oxygen atoms in total. The van der Waals surface area contributed by atoms with E-state index in [9.17, 15) is 5.11 Å². The summed E-state index contributed by atoms with van der Waals surface area (Å²) in [6.45, 7) is 10.5. The van der Waals surface area contributed by atoms with Gasteiger partial charge in [-0.05, 0) is 56.0 Å². The van der Waals surface area contributed by atoms with E-state index in [1.165, 1.54) is 30.4 Å². The molecule has 1 rings (SSSR count). The molecule has 2 N–H and O–H groups in total. The van der Waals surface area contributed by atoms with E-state index in [1.807, 2.05) is 12.1 Å². The van der Waals surface area contributed by atoms with E-state index in [0.717, 1.165) is 18.2 Å². The molecule has 0 radical (unpaired) electrons. The molecule has 0 saturated carbocycles. The normalized spacial score (nSPS) is 12.7. The van der Waals surface area contributed by atoms with Gasteiger partial charge in [-0.2, -0.15) is 0 Å². The lowest BCUT2D eigenvalue weighted by Crippen LogP contribution is -2.32. The number of aliphatic hydroxyl groups excluding tert-OH is 1. The molecule has 0 bridgehead atoms. The van der Waals surface area contributed by atoms with Crippen molar-refractivity contribution in [2.45, 2.75) is 53.1 Å². The summed E-state index contributed by atoms with van der Waals surface area (Å²) >= 11 is 0. The summed E-state index contributed by atoms with van der Waals surface area (Å²) < 4.78 is 5.65. The molecule has 1 atom stereocenters. The highest BCUT2D eigenvalue weighted by molar-refractivity contribution is 5.32. The monoisotopic (exact) mass is 293 g/mol. The zero-order chi connectivity index (χ0) is 15.7. The Balaban J connectivity index is 2.12. The zero-order valence-electron chi connectivity index (χ0n) is 14.0. The molecule has 0 fully saturated rings. The molecule has 1 aromatic rings. The van der Waals surface area contributed by atoms with Crippen molar-refractivity contribution in [3.8, 4) is 5.75 Å². The highest BCUT2D eigenvalue weighted by atomic mass is 16.5. The number of rotatable bonds is 10. The van der Waals surface area contributed by atoms with Crippen LogP contribution in [0.3, 0.4) is 0 Å². The van der Waals surface area contributed by atoms with Crippen LogP contribution in [0.2, 0.25) is 0 Å². The molecule has 1 aromatic carbocycles. The second-order valence-electron chi connectivity index (χ2n) is 6.38. The third-order valence-corrected chi connectivity index (χ3v) is 3.40. The Labute approximate surface area is 129 Å². The summed E-state index contributed by atoms with van der Waals surface area (Å²) in [7, 11) is 0. The molecule has 0 spiro atoms. The second-order valence-corrected chi connectivity index (χ2v) is 6.38. The van der Waals surface area contributed by atoms with Crippen molar-refractivity contribution in [3.05, 3.63) is 29.3 Å². The van der Waals surface area contributed by atoms with Crippen LogP contribution in [0.5, 0.6) is 5.75 Å². The summed E-state index contributed by atoms with van der Waals surface area (Å²) in [5.74, 6) is 1.62. The number of ether oxygens (including phenoxy) is 1. The molecule has 0 aliphatic rings. The molecular formula is C18H31NO2. The van der Waals surface area contributed by atoms with Gasteiger partial charge in [0.25, 0.3) is 0 Å². The fourth-order valence-electron chi connectivity index (χ4n) is 2.34. The van der Waals surface area contributed by atoms with Gasteiger partial charge in [0, 0.05) is 6.54 Å². The minimum atomic E-state index is -0.462. The largest absolute Gasteiger partial charge is 0.491 e. The molecular weight excluding hydrogens is 262 g/mol. The predicted molar refractivity (Wildman–Crippen MR) is 89.0 cm³/mol. The summed E-state index contributed by atoms with van der Waals surface area (Å²) in [6.07, 6.45) is 3.24. The van der Waals surface area contributed by atoms with Gasteiger partial charge in [0.05, 0.1) is 0 Å². The van der Waals surface area contributed by atoms with Gasteiger partial charge in [0.2, 0.25) is 0 Å². The van der Waals surface area contributed by atoms with Crippen molar-refractivity contribution in [2.24, 2.45) is 5.92 Å². The maximum Gasteiger partial charge on any atom is 0.119 e. The van der Waals surface area contributed by atoms with E-state index in [0.29, 0.717) is 13.2 Å². The number of hydrogen-bond donors (Lipinski definition) is 2. The molecule has 3 heteroatoms. The van der Waals surface area contributed by atoms with Crippen molar-refractivity contribution >= 4 is 0 Å². The van der Waals surface area contributed by atoms with Crippen LogP contribution in [0.25, 0.3) is 0 Å². The van der Waals surface area contributed by atoms with Crippen LogP contribution in [-0.2, 0) is 0 Å². The Morgan fingerprint density at radius 1 is 1.10 bits per heavy atom. The van der Waals surface area contributed by atoms with Gasteiger partial charge in [-0.15, -0.1) is 0 Å². The van der Waals surface area contributed by atoms with Crippen LogP contribution in [0.15, 0.2) is 18.2 Å². The molecule has 0 aliphatic carbocycles. The summed E-state index contributed by atoms with van der Waals surface area (Å²) in [4.78, 5) is 0. The second kappa shape index (κ2) is 9.80. The number of aliphatic hydroxyl groups is 1. The van der Waals surface area contributed by atoms with Crippen LogP contribution in [0.1, 0.15) is 44.2 Å². The average Bonchev–Trinajstić information content (AvgIpc) is 2.39. The number of aryl methyl sites for hydroxylation is 2. The highest BCUT2D eigenvalue weighted by Crippen LogP contribution is 2.16. The van der Waals surface area contributed by atoms with Gasteiger partial charge >= 0.3 is 0 Å². The topological polar surface area (TPSA) is 41.5 Å². The van der Waals surface area contributed by atoms with Gasteiger partial charge in [-0.1, -0.05) is 32.8 Å². The molecule has 0 aromatic heterocycles. The lowest BCUT2D eigenvalue weighted by atomic mass is 10.1. The summed E-state index contributed by atoms with van der Waals surface area (Å²) in [6, 6.07) is 6.11. The maximum atomic E-state index is 9.91. The number of nitrogens with one attached hydrogen (secondary N) is 1. The summed E-state index contributed by atoms with van der Waals surface area (Å²) in [5.41, 5.74) is 2.37. The first-order valence-electron chi connectivity index (χ1n) is 8.07. The van der Waals surface area contributed by atoms with Crippen LogP contribution in [0, 0.1) is 19.8 Å². The van der Waals surface area contributed by atoms with Gasteiger partial charge in [-0.3, -0.25) is 0 Å². The first-order valence-corrected chi connectivity index (χ1v) is 8.07. The van der Waals surface area contributed by atoms with Gasteiger partial charge in [0.1, 0.15) is 18.5 Å². The van der Waals surface area contributed by atoms with Crippen molar-refractivity contribution in [3.63, 3.8) is 0 Å². The standard InChI is InChI=1S/C18H31NO2/c1-14(2)7-5-6-8-19-12-17(20)13-21-18-10-15(3)9-16(4)11-18/h9-11,14,17,19-20H,5-8,12-13H2,1-4H3. The van der Waals surface area contributed by atoms with Gasteiger partial charge in [-0.25, -0.2) is 0 Å². The Bertz CT molecular complexity index is 384. The van der Waals surface area contributed by atoms with Crippen molar-refractivity contribution < 1.29 is 9.84 Å². The maximum absolute atomic E-state index is 9.91. The van der Waals surface area contributed by atoms with Crippen LogP contribution in [0.4, 0.5) is 0 Å². The number of unbranched alkanes of at least 4 members (excludes halogenated alkanes) is 1. The van der Waals surface area contributed by atoms with Gasteiger partial charge in [0.15, 0.2) is 0 Å². The van der Waals surface area contributed by atoms with Crippen LogP contribution in [-0.4, -0.2) is 30.9 Å². The molecule has 120 valence electrons. The van der Waals surface area contributed by atoms with E-state index in [-0.39, 0.29) is 0 Å². The number of benzene rings is 1. The fourth-order valence-corrected chi connectivity index (χ4v) is 2.34. The van der Waals surface area contributed by atoms with Crippen LogP contribution < -0.4 is 10.1 Å². The Morgan fingerprint density at radius 2 is 1.76 bits per heavy atom. The molecule has 0 saturated heterocycles. The molecule has 0 heterocycles. The molecule has 0 aliphatic heterocycles. The van der Waals surface area contributed by atoms with E-state index >= 15 is 0 Å². The van der Waals surface area contributed by atoms with E-state index in [1.54, 1.807) is 0 Å². The third-order valence-electron chi connectivity index (χ3n) is 3.40. The molecule has 21 heavy (non-hydrogen) atoms. The van der Waals surface area contributed by atoms with Crippen molar-refractivity contribution in [2.75, 3.05) is 19.7 Å². The molecule has 0 amide bonds. The zero-order valence-corrected chi connectivity index (χ0v) is 14.0. The molecule has 1 unspecified atom stereocenters. The first kappa shape index (κ1) is 18.0. The minimum absolute atomic E-state index is 0.335. The fraction of sp³-hybridized carbons (Fsp3) is 0.667. The van der Waals surface area contributed by atoms with E-state index in [2.05, 4.69) is 39.1 Å². The minimum Gasteiger partial charge on any atom is -0.491 e. The average molecular weight is 293 g/mol. The third kappa shape index (κ3) is 8.74. The Kier molecular flexibility index (Phi) is 8.40. The van der Waals surface area contributed by atoms with Crippen LogP contribution >= 0.6 is 0 Å². The Hall–Kier alpha value is -1.06. The predicted octanol–water partition coefficient (Wildman–Crippen LogP) is 3.46. The Morgan fingerprint density at radius 3 is 2.38 bits per heavy atom. The van der Waals surface area contributed by atoms with Gasteiger partial charge < -0.3 is 15.2 Å². The van der Waals surface area contributed by atoms with Crippen molar-refractivity contribution in [1.29, 1.82) is 0 Å². The lowest BCUT2D eigenvalue weighted by molar-refractivity contribution is 0.106. The smallest absolute Gasteiger partial charge is 0.119 e.